The predicted molar refractivity (Wildman–Crippen MR) is 79.1 cm³/mol. The van der Waals surface area contributed by atoms with E-state index in [9.17, 15) is 4.79 Å². The van der Waals surface area contributed by atoms with Crippen LogP contribution in [0, 0.1) is 0 Å². The van der Waals surface area contributed by atoms with Crippen LogP contribution in [0.4, 0.5) is 0 Å². The number of hydrogen-bond acceptors (Lipinski definition) is 2. The van der Waals surface area contributed by atoms with Gasteiger partial charge < -0.3 is 0 Å². The SMILES string of the molecule is O=C(CCCCCCCCCCCCCBr)NO. The van der Waals surface area contributed by atoms with Gasteiger partial charge in [-0.1, -0.05) is 73.7 Å². The molecule has 0 unspecified atom stereocenters. The Morgan fingerprint density at radius 3 is 1.56 bits per heavy atom. The van der Waals surface area contributed by atoms with E-state index in [1.807, 2.05) is 0 Å². The number of halogens is 1. The van der Waals surface area contributed by atoms with Gasteiger partial charge in [0.1, 0.15) is 0 Å². The summed E-state index contributed by atoms with van der Waals surface area (Å²) in [6, 6.07) is 0. The quantitative estimate of drug-likeness (QED) is 0.226. The molecule has 0 fully saturated rings. The standard InChI is InChI=1S/C14H28BrNO2/c15-13-11-9-7-5-3-1-2-4-6-8-10-12-14(17)16-18/h18H,1-13H2,(H,16,17). The van der Waals surface area contributed by atoms with Gasteiger partial charge in [-0.3, -0.25) is 10.0 Å². The van der Waals surface area contributed by atoms with E-state index in [0.29, 0.717) is 6.42 Å². The lowest BCUT2D eigenvalue weighted by molar-refractivity contribution is -0.129. The first kappa shape index (κ1) is 17.9. The average Bonchev–Trinajstić information content (AvgIpc) is 2.39. The van der Waals surface area contributed by atoms with E-state index in [1.54, 1.807) is 5.48 Å². The predicted octanol–water partition coefficient (Wildman–Crippen LogP) is 4.57. The number of amides is 1. The summed E-state index contributed by atoms with van der Waals surface area (Å²) in [5, 5.41) is 9.45. The molecule has 3 nitrogen and oxygen atoms in total. The summed E-state index contributed by atoms with van der Waals surface area (Å²) in [6.45, 7) is 0. The maximum Gasteiger partial charge on any atom is 0.243 e. The third-order valence-electron chi connectivity index (χ3n) is 3.16. The maximum atomic E-state index is 10.7. The van der Waals surface area contributed by atoms with Gasteiger partial charge in [-0.15, -0.1) is 0 Å². The number of hydroxylamine groups is 1. The Morgan fingerprint density at radius 1 is 0.778 bits per heavy atom. The fourth-order valence-corrected chi connectivity index (χ4v) is 2.42. The van der Waals surface area contributed by atoms with E-state index in [1.165, 1.54) is 57.8 Å². The van der Waals surface area contributed by atoms with Crippen LogP contribution in [-0.2, 0) is 4.79 Å². The fourth-order valence-electron chi connectivity index (χ4n) is 2.03. The van der Waals surface area contributed by atoms with Gasteiger partial charge in [-0.05, 0) is 12.8 Å². The van der Waals surface area contributed by atoms with Crippen LogP contribution in [0.15, 0.2) is 0 Å². The van der Waals surface area contributed by atoms with Crippen molar-refractivity contribution in [3.05, 3.63) is 0 Å². The minimum absolute atomic E-state index is 0.265. The van der Waals surface area contributed by atoms with Crippen LogP contribution in [0.5, 0.6) is 0 Å². The molecule has 0 bridgehead atoms. The molecule has 18 heavy (non-hydrogen) atoms. The molecule has 2 N–H and O–H groups in total. The van der Waals surface area contributed by atoms with Crippen LogP contribution in [0.1, 0.15) is 77.0 Å². The van der Waals surface area contributed by atoms with Crippen LogP contribution >= 0.6 is 15.9 Å². The zero-order valence-corrected chi connectivity index (χ0v) is 13.0. The monoisotopic (exact) mass is 321 g/mol. The Bertz CT molecular complexity index is 189. The van der Waals surface area contributed by atoms with Gasteiger partial charge in [-0.25, -0.2) is 5.48 Å². The second-order valence-electron chi connectivity index (χ2n) is 4.86. The highest BCUT2D eigenvalue weighted by molar-refractivity contribution is 9.09. The molecule has 0 aromatic heterocycles. The third kappa shape index (κ3) is 14.0. The second-order valence-corrected chi connectivity index (χ2v) is 5.66. The zero-order valence-electron chi connectivity index (χ0n) is 11.4. The molecule has 4 heteroatoms. The molecule has 0 saturated carbocycles. The molecule has 0 aromatic rings. The second kappa shape index (κ2) is 15.0. The number of hydrogen-bond donors (Lipinski definition) is 2. The molecular formula is C14H28BrNO2. The van der Waals surface area contributed by atoms with Crippen LogP contribution in [0.3, 0.4) is 0 Å². The lowest BCUT2D eigenvalue weighted by Gasteiger charge is -2.02. The van der Waals surface area contributed by atoms with Crippen molar-refractivity contribution in [2.75, 3.05) is 5.33 Å². The molecule has 0 aromatic carbocycles. The van der Waals surface area contributed by atoms with E-state index in [4.69, 9.17) is 5.21 Å². The number of nitrogens with one attached hydrogen (secondary N) is 1. The highest BCUT2D eigenvalue weighted by Gasteiger charge is 1.98. The normalized spacial score (nSPS) is 10.6. The third-order valence-corrected chi connectivity index (χ3v) is 3.72. The minimum atomic E-state index is -0.265. The van der Waals surface area contributed by atoms with E-state index >= 15 is 0 Å². The summed E-state index contributed by atoms with van der Waals surface area (Å²) in [6.07, 6.45) is 14.4. The number of alkyl halides is 1. The number of carbonyl (C=O) groups is 1. The molecule has 0 atom stereocenters. The summed E-state index contributed by atoms with van der Waals surface area (Å²) < 4.78 is 0. The van der Waals surface area contributed by atoms with Crippen molar-refractivity contribution in [1.29, 1.82) is 0 Å². The van der Waals surface area contributed by atoms with Crippen molar-refractivity contribution in [3.8, 4) is 0 Å². The van der Waals surface area contributed by atoms with E-state index in [-0.39, 0.29) is 5.91 Å². The molecule has 0 heterocycles. The number of carbonyl (C=O) groups excluding carboxylic acids is 1. The first-order chi connectivity index (χ1) is 8.81. The Balaban J connectivity index is 2.97. The lowest BCUT2D eigenvalue weighted by atomic mass is 10.1. The van der Waals surface area contributed by atoms with Crippen LogP contribution in [-0.4, -0.2) is 16.4 Å². The van der Waals surface area contributed by atoms with Gasteiger partial charge >= 0.3 is 0 Å². The summed E-state index contributed by atoms with van der Waals surface area (Å²) in [7, 11) is 0. The first-order valence-corrected chi connectivity index (χ1v) is 8.42. The molecule has 0 aliphatic carbocycles. The molecule has 0 aliphatic rings. The topological polar surface area (TPSA) is 49.3 Å². The number of rotatable bonds is 13. The summed E-state index contributed by atoms with van der Waals surface area (Å²) in [5.74, 6) is -0.265. The summed E-state index contributed by atoms with van der Waals surface area (Å²) in [5.41, 5.74) is 1.66. The highest BCUT2D eigenvalue weighted by atomic mass is 79.9. The largest absolute Gasteiger partial charge is 0.289 e. The Morgan fingerprint density at radius 2 is 1.17 bits per heavy atom. The van der Waals surface area contributed by atoms with Gasteiger partial charge in [0.15, 0.2) is 0 Å². The first-order valence-electron chi connectivity index (χ1n) is 7.30. The van der Waals surface area contributed by atoms with Gasteiger partial charge in [-0.2, -0.15) is 0 Å². The van der Waals surface area contributed by atoms with Crippen molar-refractivity contribution < 1.29 is 10.0 Å². The summed E-state index contributed by atoms with van der Waals surface area (Å²) >= 11 is 3.45. The molecule has 0 spiro atoms. The van der Waals surface area contributed by atoms with Gasteiger partial charge in [0.25, 0.3) is 0 Å². The molecule has 0 aliphatic heterocycles. The van der Waals surface area contributed by atoms with Crippen molar-refractivity contribution in [1.82, 2.24) is 5.48 Å². The van der Waals surface area contributed by atoms with Gasteiger partial charge in [0, 0.05) is 11.8 Å². The van der Waals surface area contributed by atoms with Crippen molar-refractivity contribution >= 4 is 21.8 Å². The van der Waals surface area contributed by atoms with Crippen molar-refractivity contribution in [2.24, 2.45) is 0 Å². The Labute approximate surface area is 120 Å². The van der Waals surface area contributed by atoms with Crippen LogP contribution in [0.25, 0.3) is 0 Å². The Hall–Kier alpha value is -0.0900. The van der Waals surface area contributed by atoms with Gasteiger partial charge in [0.2, 0.25) is 5.91 Å². The molecule has 0 rings (SSSR count). The van der Waals surface area contributed by atoms with Crippen LogP contribution in [0.2, 0.25) is 0 Å². The van der Waals surface area contributed by atoms with Gasteiger partial charge in [0.05, 0.1) is 0 Å². The lowest BCUT2D eigenvalue weighted by Crippen LogP contribution is -2.17. The average molecular weight is 322 g/mol. The molecule has 0 saturated heterocycles. The number of unbranched alkanes of at least 4 members (excludes halogenated alkanes) is 10. The van der Waals surface area contributed by atoms with E-state index in [2.05, 4.69) is 15.9 Å². The molecule has 108 valence electrons. The van der Waals surface area contributed by atoms with Crippen molar-refractivity contribution in [2.45, 2.75) is 77.0 Å². The minimum Gasteiger partial charge on any atom is -0.289 e. The molecular weight excluding hydrogens is 294 g/mol. The van der Waals surface area contributed by atoms with E-state index < -0.39 is 0 Å². The van der Waals surface area contributed by atoms with Crippen molar-refractivity contribution in [3.63, 3.8) is 0 Å². The highest BCUT2D eigenvalue weighted by Crippen LogP contribution is 2.12. The van der Waals surface area contributed by atoms with E-state index in [0.717, 1.165) is 18.2 Å². The smallest absolute Gasteiger partial charge is 0.243 e. The van der Waals surface area contributed by atoms with Crippen LogP contribution < -0.4 is 5.48 Å². The zero-order chi connectivity index (χ0) is 13.5. The molecule has 0 radical (unpaired) electrons. The summed E-state index contributed by atoms with van der Waals surface area (Å²) in [4.78, 5) is 10.7. The molecule has 1 amide bonds. The Kier molecular flexibility index (Phi) is 14.9. The fraction of sp³-hybridized carbons (Fsp3) is 0.929. The maximum absolute atomic E-state index is 10.7.